The van der Waals surface area contributed by atoms with Crippen molar-refractivity contribution in [2.45, 2.75) is 25.9 Å². The highest BCUT2D eigenvalue weighted by atomic mass is 16.5. The summed E-state index contributed by atoms with van der Waals surface area (Å²) in [4.78, 5) is 25.1. The number of likely N-dealkylation sites (tertiary alicyclic amines) is 1. The summed E-state index contributed by atoms with van der Waals surface area (Å²) in [5.41, 5.74) is -0.936. The second-order valence-corrected chi connectivity index (χ2v) is 5.26. The number of hydrogen-bond donors (Lipinski definition) is 2. The molecule has 0 aromatic rings. The van der Waals surface area contributed by atoms with Gasteiger partial charge in [0.25, 0.3) is 0 Å². The van der Waals surface area contributed by atoms with Gasteiger partial charge in [0.1, 0.15) is 0 Å². The molecule has 6 heteroatoms. The van der Waals surface area contributed by atoms with E-state index in [1.807, 2.05) is 0 Å². The number of methoxy groups -OCH3 is 1. The molecule has 0 aliphatic carbocycles. The minimum atomic E-state index is -0.936. The molecule has 0 saturated carbocycles. The molecule has 18 heavy (non-hydrogen) atoms. The fraction of sp³-hybridized carbons (Fsp3) is 0.833. The Morgan fingerprint density at radius 1 is 1.61 bits per heavy atom. The van der Waals surface area contributed by atoms with Crippen LogP contribution in [0.15, 0.2) is 0 Å². The zero-order valence-corrected chi connectivity index (χ0v) is 11.2. The first-order valence-corrected chi connectivity index (χ1v) is 6.10. The van der Waals surface area contributed by atoms with E-state index >= 15 is 0 Å². The Hall–Kier alpha value is -1.14. The van der Waals surface area contributed by atoms with Crippen LogP contribution in [0, 0.1) is 5.92 Å². The Morgan fingerprint density at radius 3 is 2.83 bits per heavy atom. The van der Waals surface area contributed by atoms with Crippen molar-refractivity contribution in [3.63, 3.8) is 0 Å². The van der Waals surface area contributed by atoms with Gasteiger partial charge in [-0.3, -0.25) is 9.59 Å². The van der Waals surface area contributed by atoms with Gasteiger partial charge in [0.05, 0.1) is 18.1 Å². The number of carbonyl (C=O) groups excluding carboxylic acids is 2. The molecule has 0 aromatic heterocycles. The van der Waals surface area contributed by atoms with Crippen LogP contribution >= 0.6 is 0 Å². The maximum atomic E-state index is 11.8. The van der Waals surface area contributed by atoms with E-state index in [4.69, 9.17) is 4.74 Å². The Bertz CT molecular complexity index is 312. The fourth-order valence-electron chi connectivity index (χ4n) is 1.81. The van der Waals surface area contributed by atoms with Crippen molar-refractivity contribution in [1.29, 1.82) is 0 Å². The van der Waals surface area contributed by atoms with E-state index in [9.17, 15) is 14.7 Å². The Labute approximate surface area is 107 Å². The quantitative estimate of drug-likeness (QED) is 0.665. The molecule has 1 saturated heterocycles. The second kappa shape index (κ2) is 6.15. The molecule has 0 radical (unpaired) electrons. The van der Waals surface area contributed by atoms with Gasteiger partial charge in [-0.25, -0.2) is 0 Å². The predicted octanol–water partition coefficient (Wildman–Crippen LogP) is -0.632. The lowest BCUT2D eigenvalue weighted by molar-refractivity contribution is -0.129. The van der Waals surface area contributed by atoms with Gasteiger partial charge in [-0.15, -0.1) is 0 Å². The molecule has 2 N–H and O–H groups in total. The lowest BCUT2D eigenvalue weighted by atomic mass is 10.1. The van der Waals surface area contributed by atoms with Crippen molar-refractivity contribution in [2.75, 3.05) is 33.4 Å². The van der Waals surface area contributed by atoms with Crippen molar-refractivity contribution in [3.8, 4) is 0 Å². The van der Waals surface area contributed by atoms with Crippen molar-refractivity contribution in [2.24, 2.45) is 5.92 Å². The number of amides is 2. The molecule has 1 fully saturated rings. The summed E-state index contributed by atoms with van der Waals surface area (Å²) in [6.07, 6.45) is 0.238. The Morgan fingerprint density at radius 2 is 2.28 bits per heavy atom. The van der Waals surface area contributed by atoms with Crippen molar-refractivity contribution >= 4 is 11.8 Å². The number of nitrogens with zero attached hydrogens (tertiary/aromatic N) is 1. The standard InChI is InChI=1S/C12H22N2O4/c1-12(2,17)8-13-11(16)9-6-10(15)14(7-9)4-5-18-3/h9,17H,4-8H2,1-3H3,(H,13,16). The summed E-state index contributed by atoms with van der Waals surface area (Å²) in [6.45, 7) is 4.86. The van der Waals surface area contributed by atoms with Gasteiger partial charge in [0.15, 0.2) is 0 Å². The summed E-state index contributed by atoms with van der Waals surface area (Å²) in [6, 6.07) is 0. The maximum Gasteiger partial charge on any atom is 0.225 e. The highest BCUT2D eigenvalue weighted by molar-refractivity contribution is 5.89. The predicted molar refractivity (Wildman–Crippen MR) is 65.9 cm³/mol. The molecule has 1 atom stereocenters. The van der Waals surface area contributed by atoms with Gasteiger partial charge < -0.3 is 20.1 Å². The molecule has 1 aliphatic rings. The molecule has 104 valence electrons. The molecular weight excluding hydrogens is 236 g/mol. The zero-order chi connectivity index (χ0) is 13.8. The second-order valence-electron chi connectivity index (χ2n) is 5.26. The number of aliphatic hydroxyl groups is 1. The third kappa shape index (κ3) is 4.62. The number of carbonyl (C=O) groups is 2. The Balaban J connectivity index is 2.40. The molecule has 1 unspecified atom stereocenters. The first kappa shape index (κ1) is 14.9. The third-order valence-corrected chi connectivity index (χ3v) is 2.85. The number of rotatable bonds is 6. The normalized spacial score (nSPS) is 20.3. The maximum absolute atomic E-state index is 11.8. The molecule has 6 nitrogen and oxygen atoms in total. The molecular formula is C12H22N2O4. The van der Waals surface area contributed by atoms with Gasteiger partial charge >= 0.3 is 0 Å². The van der Waals surface area contributed by atoms with E-state index in [0.29, 0.717) is 19.7 Å². The van der Waals surface area contributed by atoms with Crippen LogP contribution in [0.25, 0.3) is 0 Å². The van der Waals surface area contributed by atoms with Crippen LogP contribution in [0.2, 0.25) is 0 Å². The smallest absolute Gasteiger partial charge is 0.225 e. The summed E-state index contributed by atoms with van der Waals surface area (Å²) >= 11 is 0. The summed E-state index contributed by atoms with van der Waals surface area (Å²) in [5.74, 6) is -0.516. The highest BCUT2D eigenvalue weighted by Gasteiger charge is 2.34. The van der Waals surface area contributed by atoms with Gasteiger partial charge in [0.2, 0.25) is 11.8 Å². The van der Waals surface area contributed by atoms with Gasteiger partial charge in [0, 0.05) is 33.2 Å². The highest BCUT2D eigenvalue weighted by Crippen LogP contribution is 2.17. The minimum Gasteiger partial charge on any atom is -0.389 e. The average Bonchev–Trinajstić information content (AvgIpc) is 2.64. The monoisotopic (exact) mass is 258 g/mol. The van der Waals surface area contributed by atoms with Crippen LogP contribution in [0.1, 0.15) is 20.3 Å². The molecule has 0 aromatic carbocycles. The van der Waals surface area contributed by atoms with Crippen molar-refractivity contribution in [1.82, 2.24) is 10.2 Å². The first-order chi connectivity index (χ1) is 8.33. The van der Waals surface area contributed by atoms with Crippen molar-refractivity contribution < 1.29 is 19.4 Å². The van der Waals surface area contributed by atoms with E-state index < -0.39 is 5.60 Å². The lowest BCUT2D eigenvalue weighted by Crippen LogP contribution is -2.41. The van der Waals surface area contributed by atoms with E-state index in [1.165, 1.54) is 0 Å². The summed E-state index contributed by atoms with van der Waals surface area (Å²) < 4.78 is 4.91. The molecule has 1 aliphatic heterocycles. The number of nitrogens with one attached hydrogen (secondary N) is 1. The van der Waals surface area contributed by atoms with E-state index in [2.05, 4.69) is 5.32 Å². The first-order valence-electron chi connectivity index (χ1n) is 6.10. The van der Waals surface area contributed by atoms with Crippen LogP contribution in [0.4, 0.5) is 0 Å². The minimum absolute atomic E-state index is 0.0181. The number of ether oxygens (including phenoxy) is 1. The fourth-order valence-corrected chi connectivity index (χ4v) is 1.81. The van der Waals surface area contributed by atoms with E-state index in [1.54, 1.807) is 25.9 Å². The van der Waals surface area contributed by atoms with Gasteiger partial charge in [-0.2, -0.15) is 0 Å². The molecule has 1 rings (SSSR count). The molecule has 0 bridgehead atoms. The number of hydrogen-bond acceptors (Lipinski definition) is 4. The van der Waals surface area contributed by atoms with Gasteiger partial charge in [-0.1, -0.05) is 0 Å². The van der Waals surface area contributed by atoms with Crippen LogP contribution in [-0.2, 0) is 14.3 Å². The van der Waals surface area contributed by atoms with Crippen LogP contribution in [0.5, 0.6) is 0 Å². The summed E-state index contributed by atoms with van der Waals surface area (Å²) in [5, 5.41) is 12.2. The topological polar surface area (TPSA) is 78.9 Å². The van der Waals surface area contributed by atoms with Crippen LogP contribution in [-0.4, -0.2) is 60.8 Å². The van der Waals surface area contributed by atoms with Crippen LogP contribution < -0.4 is 5.32 Å². The zero-order valence-electron chi connectivity index (χ0n) is 11.2. The Kier molecular flexibility index (Phi) is 5.10. The van der Waals surface area contributed by atoms with Gasteiger partial charge in [-0.05, 0) is 13.8 Å². The average molecular weight is 258 g/mol. The van der Waals surface area contributed by atoms with Crippen LogP contribution in [0.3, 0.4) is 0 Å². The molecule has 0 spiro atoms. The summed E-state index contributed by atoms with van der Waals surface area (Å²) in [7, 11) is 1.58. The lowest BCUT2D eigenvalue weighted by Gasteiger charge is -2.19. The third-order valence-electron chi connectivity index (χ3n) is 2.85. The van der Waals surface area contributed by atoms with E-state index in [0.717, 1.165) is 0 Å². The van der Waals surface area contributed by atoms with Crippen molar-refractivity contribution in [3.05, 3.63) is 0 Å². The molecule has 1 heterocycles. The SMILES string of the molecule is COCCN1CC(C(=O)NCC(C)(C)O)CC1=O. The van der Waals surface area contributed by atoms with E-state index in [-0.39, 0.29) is 30.7 Å². The largest absolute Gasteiger partial charge is 0.389 e. The molecule has 2 amide bonds.